The molecule has 29 heavy (non-hydrogen) atoms. The Morgan fingerprint density at radius 1 is 0.897 bits per heavy atom. The number of benzene rings is 2. The zero-order valence-corrected chi connectivity index (χ0v) is 17.2. The van der Waals surface area contributed by atoms with Crippen molar-refractivity contribution in [2.24, 2.45) is 0 Å². The number of halogens is 1. The second-order valence-electron chi connectivity index (χ2n) is 7.09. The van der Waals surface area contributed by atoms with Gasteiger partial charge in [-0.25, -0.2) is 4.98 Å². The van der Waals surface area contributed by atoms with Crippen LogP contribution in [0.1, 0.15) is 29.5 Å². The number of hydrogen-bond acceptors (Lipinski definition) is 4. The minimum absolute atomic E-state index is 0.201. The van der Waals surface area contributed by atoms with Crippen molar-refractivity contribution in [2.45, 2.75) is 25.7 Å². The molecule has 0 spiro atoms. The van der Waals surface area contributed by atoms with Crippen molar-refractivity contribution in [1.29, 1.82) is 5.26 Å². The molecule has 1 heterocycles. The van der Waals surface area contributed by atoms with Gasteiger partial charge < -0.3 is 9.47 Å². The highest BCUT2D eigenvalue weighted by Gasteiger charge is 2.17. The van der Waals surface area contributed by atoms with Gasteiger partial charge in [0.15, 0.2) is 11.5 Å². The Labute approximate surface area is 175 Å². The maximum absolute atomic E-state index is 9.68. The Hall–Kier alpha value is -3.03. The van der Waals surface area contributed by atoms with Gasteiger partial charge >= 0.3 is 0 Å². The normalized spacial score (nSPS) is 12.8. The smallest absolute Gasteiger partial charge is 0.161 e. The molecular formula is C24H21ClN2O2. The summed E-state index contributed by atoms with van der Waals surface area (Å²) in [6.45, 7) is 0. The largest absolute Gasteiger partial charge is 0.493 e. The first-order valence-corrected chi connectivity index (χ1v) is 9.97. The van der Waals surface area contributed by atoms with Gasteiger partial charge in [-0.05, 0) is 66.6 Å². The number of methoxy groups -OCH3 is 2. The number of hydrogen-bond donors (Lipinski definition) is 0. The van der Waals surface area contributed by atoms with Gasteiger partial charge in [-0.1, -0.05) is 29.8 Å². The molecule has 146 valence electrons. The third kappa shape index (κ3) is 3.66. The molecular weight excluding hydrogens is 384 g/mol. The number of aryl methyl sites for hydroxylation is 2. The van der Waals surface area contributed by atoms with Gasteiger partial charge in [-0.3, -0.25) is 0 Å². The molecule has 1 aliphatic carbocycles. The highest BCUT2D eigenvalue weighted by molar-refractivity contribution is 6.31. The van der Waals surface area contributed by atoms with Crippen molar-refractivity contribution >= 4 is 11.6 Å². The van der Waals surface area contributed by atoms with Crippen LogP contribution in [0, 0.1) is 11.3 Å². The van der Waals surface area contributed by atoms with E-state index in [2.05, 4.69) is 29.3 Å². The van der Waals surface area contributed by atoms with Crippen LogP contribution < -0.4 is 9.47 Å². The van der Waals surface area contributed by atoms with Crippen molar-refractivity contribution in [1.82, 2.24) is 4.98 Å². The lowest BCUT2D eigenvalue weighted by atomic mass is 9.89. The first kappa shape index (κ1) is 19.3. The maximum atomic E-state index is 9.68. The molecule has 2 aromatic carbocycles. The van der Waals surface area contributed by atoms with Crippen LogP contribution >= 0.6 is 11.6 Å². The van der Waals surface area contributed by atoms with Crippen LogP contribution in [0.2, 0.25) is 5.15 Å². The van der Waals surface area contributed by atoms with Gasteiger partial charge in [0, 0.05) is 11.1 Å². The van der Waals surface area contributed by atoms with E-state index in [0.29, 0.717) is 17.1 Å². The van der Waals surface area contributed by atoms with E-state index < -0.39 is 0 Å². The first-order valence-electron chi connectivity index (χ1n) is 9.60. The zero-order chi connectivity index (χ0) is 20.4. The summed E-state index contributed by atoms with van der Waals surface area (Å²) in [5, 5.41) is 9.88. The van der Waals surface area contributed by atoms with Gasteiger partial charge in [-0.2, -0.15) is 5.26 Å². The molecule has 0 unspecified atom stereocenters. The molecule has 4 nitrogen and oxygen atoms in total. The van der Waals surface area contributed by atoms with E-state index in [1.54, 1.807) is 14.2 Å². The number of aromatic nitrogens is 1. The lowest BCUT2D eigenvalue weighted by Crippen LogP contribution is -2.02. The lowest BCUT2D eigenvalue weighted by Gasteiger charge is -2.17. The van der Waals surface area contributed by atoms with Crippen molar-refractivity contribution in [2.75, 3.05) is 14.2 Å². The number of ether oxygens (including phenoxy) is 2. The zero-order valence-electron chi connectivity index (χ0n) is 16.5. The van der Waals surface area contributed by atoms with Gasteiger partial charge in [0.25, 0.3) is 0 Å². The van der Waals surface area contributed by atoms with Crippen LogP contribution in [0.25, 0.3) is 22.4 Å². The standard InChI is InChI=1S/C24H21ClN2O2/c1-28-22-10-9-17(12-23(22)29-2)19-13-21(27-24(25)20(19)14-26)18-8-7-15-5-3-4-6-16(15)11-18/h7-13H,3-6H2,1-2H3. The van der Waals surface area contributed by atoms with Crippen LogP contribution in [0.3, 0.4) is 0 Å². The third-order valence-electron chi connectivity index (χ3n) is 5.43. The molecule has 0 N–H and O–H groups in total. The van der Waals surface area contributed by atoms with E-state index >= 15 is 0 Å². The number of rotatable bonds is 4. The monoisotopic (exact) mass is 404 g/mol. The molecule has 1 aliphatic rings. The molecule has 4 rings (SSSR count). The van der Waals surface area contributed by atoms with Crippen molar-refractivity contribution < 1.29 is 9.47 Å². The van der Waals surface area contributed by atoms with Crippen LogP contribution in [-0.2, 0) is 12.8 Å². The lowest BCUT2D eigenvalue weighted by molar-refractivity contribution is 0.355. The highest BCUT2D eigenvalue weighted by atomic mass is 35.5. The van der Waals surface area contributed by atoms with Crippen LogP contribution in [0.5, 0.6) is 11.5 Å². The quantitative estimate of drug-likeness (QED) is 0.513. The average molecular weight is 405 g/mol. The summed E-state index contributed by atoms with van der Waals surface area (Å²) in [6, 6.07) is 16.2. The van der Waals surface area contributed by atoms with E-state index in [9.17, 15) is 5.26 Å². The van der Waals surface area contributed by atoms with E-state index in [1.165, 1.54) is 24.0 Å². The predicted molar refractivity (Wildman–Crippen MR) is 115 cm³/mol. The second kappa shape index (κ2) is 8.14. The molecule has 0 amide bonds. The second-order valence-corrected chi connectivity index (χ2v) is 7.45. The average Bonchev–Trinajstić information content (AvgIpc) is 2.77. The summed E-state index contributed by atoms with van der Waals surface area (Å²) in [5.74, 6) is 1.22. The number of pyridine rings is 1. The molecule has 0 saturated carbocycles. The maximum Gasteiger partial charge on any atom is 0.161 e. The van der Waals surface area contributed by atoms with E-state index in [0.717, 1.165) is 35.2 Å². The van der Waals surface area contributed by atoms with E-state index in [-0.39, 0.29) is 5.15 Å². The molecule has 0 atom stereocenters. The number of fused-ring (bicyclic) bond motifs is 1. The molecule has 5 heteroatoms. The highest BCUT2D eigenvalue weighted by Crippen LogP contribution is 2.37. The fraction of sp³-hybridized carbons (Fsp3) is 0.250. The summed E-state index contributed by atoms with van der Waals surface area (Å²) < 4.78 is 10.7. The Morgan fingerprint density at radius 2 is 1.62 bits per heavy atom. The van der Waals surface area contributed by atoms with E-state index in [1.807, 2.05) is 24.3 Å². The third-order valence-corrected chi connectivity index (χ3v) is 5.70. The van der Waals surface area contributed by atoms with E-state index in [4.69, 9.17) is 21.1 Å². The molecule has 0 aliphatic heterocycles. The summed E-state index contributed by atoms with van der Waals surface area (Å²) in [5.41, 5.74) is 6.46. The summed E-state index contributed by atoms with van der Waals surface area (Å²) >= 11 is 6.42. The van der Waals surface area contributed by atoms with Gasteiger partial charge in [0.1, 0.15) is 11.2 Å². The Kier molecular flexibility index (Phi) is 5.42. The van der Waals surface area contributed by atoms with Crippen LogP contribution in [0.15, 0.2) is 42.5 Å². The topological polar surface area (TPSA) is 55.1 Å². The van der Waals surface area contributed by atoms with Gasteiger partial charge in [-0.15, -0.1) is 0 Å². The Balaban J connectivity index is 1.85. The molecule has 1 aromatic heterocycles. The minimum Gasteiger partial charge on any atom is -0.493 e. The fourth-order valence-corrected chi connectivity index (χ4v) is 4.13. The summed E-state index contributed by atoms with van der Waals surface area (Å²) in [6.07, 6.45) is 4.69. The van der Waals surface area contributed by atoms with Crippen LogP contribution in [0.4, 0.5) is 0 Å². The predicted octanol–water partition coefficient (Wildman–Crippen LogP) is 5.84. The molecule has 0 saturated heterocycles. The SMILES string of the molecule is COc1ccc(-c2cc(-c3ccc4c(c3)CCCC4)nc(Cl)c2C#N)cc1OC. The minimum atomic E-state index is 0.201. The molecule has 0 fully saturated rings. The van der Waals surface area contributed by atoms with Crippen molar-refractivity contribution in [3.63, 3.8) is 0 Å². The number of nitriles is 1. The molecule has 0 radical (unpaired) electrons. The van der Waals surface area contributed by atoms with Crippen molar-refractivity contribution in [3.8, 4) is 40.0 Å². The number of nitrogens with zero attached hydrogens (tertiary/aromatic N) is 2. The molecule has 3 aromatic rings. The summed E-state index contributed by atoms with van der Waals surface area (Å²) in [7, 11) is 3.18. The fourth-order valence-electron chi connectivity index (χ4n) is 3.89. The Morgan fingerprint density at radius 3 is 2.34 bits per heavy atom. The summed E-state index contributed by atoms with van der Waals surface area (Å²) in [4.78, 5) is 4.51. The van der Waals surface area contributed by atoms with Gasteiger partial charge in [0.05, 0.1) is 25.5 Å². The van der Waals surface area contributed by atoms with Gasteiger partial charge in [0.2, 0.25) is 0 Å². The Bertz CT molecular complexity index is 1120. The molecule has 0 bridgehead atoms. The van der Waals surface area contributed by atoms with Crippen molar-refractivity contribution in [3.05, 3.63) is 64.3 Å². The first-order chi connectivity index (χ1) is 14.1. The van der Waals surface area contributed by atoms with Crippen LogP contribution in [-0.4, -0.2) is 19.2 Å².